The van der Waals surface area contributed by atoms with Crippen molar-refractivity contribution in [1.29, 1.82) is 0 Å². The van der Waals surface area contributed by atoms with E-state index in [1.54, 1.807) is 9.88 Å². The van der Waals surface area contributed by atoms with E-state index in [1.807, 2.05) is 0 Å². The van der Waals surface area contributed by atoms with Crippen molar-refractivity contribution in [3.8, 4) is 0 Å². The molecule has 0 aromatic carbocycles. The van der Waals surface area contributed by atoms with E-state index >= 15 is 0 Å². The van der Waals surface area contributed by atoms with Crippen LogP contribution in [0.5, 0.6) is 0 Å². The molecule has 0 saturated carbocycles. The third-order valence-corrected chi connectivity index (χ3v) is 5.23. The van der Waals surface area contributed by atoms with E-state index in [4.69, 9.17) is 6.15 Å². The van der Waals surface area contributed by atoms with Crippen molar-refractivity contribution >= 4 is 31.1 Å². The number of hydrogen-bond donors (Lipinski definition) is 0. The van der Waals surface area contributed by atoms with Gasteiger partial charge in [-0.2, -0.15) is 0 Å². The van der Waals surface area contributed by atoms with Crippen LogP contribution in [0.25, 0.3) is 0 Å². The Morgan fingerprint density at radius 3 is 1.45 bits per heavy atom. The van der Waals surface area contributed by atoms with Crippen LogP contribution in [0.1, 0.15) is 13.8 Å². The molecule has 4 nitrogen and oxygen atoms in total. The third kappa shape index (κ3) is 6.15. The number of hydrogen-bond acceptors (Lipinski definition) is 4. The average molecular weight is 267 g/mol. The van der Waals surface area contributed by atoms with Crippen molar-refractivity contribution in [2.45, 2.75) is 23.7 Å². The summed E-state index contributed by atoms with van der Waals surface area (Å²) in [4.78, 5) is 24.4. The molecule has 0 N–H and O–H groups in total. The summed E-state index contributed by atoms with van der Waals surface area (Å²) >= 11 is -3.23. The average Bonchev–Trinajstić information content (AvgIpc) is 1.53. The molecule has 0 amide bonds. The van der Waals surface area contributed by atoms with Gasteiger partial charge in [-0.3, -0.25) is 0 Å². The molecule has 0 unspecified atom stereocenters. The summed E-state index contributed by atoms with van der Waals surface area (Å²) in [7, 11) is 0. The second-order valence-corrected chi connectivity index (χ2v) is 11.7. The Balaban J connectivity index is 3.99. The molecule has 0 atom stereocenters. The van der Waals surface area contributed by atoms with Gasteiger partial charge in [0.2, 0.25) is 0 Å². The minimum absolute atomic E-state index is 0.382. The van der Waals surface area contributed by atoms with Gasteiger partial charge >= 0.3 is 70.6 Å². The molecule has 0 aliphatic carbocycles. The first-order chi connectivity index (χ1) is 4.83. The summed E-state index contributed by atoms with van der Waals surface area (Å²) in [6.07, 6.45) is 0. The van der Waals surface area contributed by atoms with E-state index in [0.717, 1.165) is 0 Å². The molecule has 0 spiro atoms. The van der Waals surface area contributed by atoms with Gasteiger partial charge in [0.1, 0.15) is 0 Å². The Morgan fingerprint density at radius 2 is 1.27 bits per heavy atom. The fourth-order valence-electron chi connectivity index (χ4n) is 0.713. The van der Waals surface area contributed by atoms with E-state index < -0.39 is 19.2 Å². The van der Waals surface area contributed by atoms with Crippen LogP contribution in [-0.2, 0) is 15.7 Å². The molecular weight excluding hydrogens is 255 g/mol. The van der Waals surface area contributed by atoms with E-state index in [0.29, 0.717) is 0 Å². The summed E-state index contributed by atoms with van der Waals surface area (Å²) < 4.78 is 9.75. The summed E-state index contributed by atoms with van der Waals surface area (Å²) in [6.45, 7) is 2.62. The van der Waals surface area contributed by atoms with Gasteiger partial charge in [-0.25, -0.2) is 0 Å². The zero-order chi connectivity index (χ0) is 9.07. The Morgan fingerprint density at radius 1 is 1.00 bits per heavy atom. The zero-order valence-corrected chi connectivity index (χ0v) is 9.99. The Bertz CT molecular complexity index is 157. The maximum atomic E-state index is 10.5. The Kier molecular flexibility index (Phi) is 3.85. The van der Waals surface area contributed by atoms with Crippen LogP contribution in [0.15, 0.2) is 0 Å². The second kappa shape index (κ2) is 3.94. The molecule has 5 heteroatoms. The molecule has 0 saturated heterocycles. The fourth-order valence-corrected chi connectivity index (χ4v) is 4.78. The Hall–Kier alpha value is -0.261. The van der Waals surface area contributed by atoms with Gasteiger partial charge in [0.25, 0.3) is 0 Å². The summed E-state index contributed by atoms with van der Waals surface area (Å²) in [5.74, 6) is -0.765. The first kappa shape index (κ1) is 10.7. The number of rotatable bonds is 2. The predicted molar refractivity (Wildman–Crippen MR) is 41.0 cm³/mol. The normalized spacial score (nSPS) is 10.5. The van der Waals surface area contributed by atoms with Crippen LogP contribution in [0, 0.1) is 0 Å². The quantitative estimate of drug-likeness (QED) is 0.695. The van der Waals surface area contributed by atoms with Crippen molar-refractivity contribution in [1.82, 2.24) is 0 Å². The monoisotopic (exact) mass is 268 g/mol. The molecule has 0 bridgehead atoms. The van der Waals surface area contributed by atoms with Gasteiger partial charge in [0.05, 0.1) is 0 Å². The molecule has 11 heavy (non-hydrogen) atoms. The van der Waals surface area contributed by atoms with Crippen LogP contribution < -0.4 is 0 Å². The topological polar surface area (TPSA) is 52.6 Å². The number of carbonyl (C=O) groups is 2. The Labute approximate surface area is 70.8 Å². The van der Waals surface area contributed by atoms with Gasteiger partial charge in [-0.15, -0.1) is 0 Å². The minimum atomic E-state index is -3.23. The van der Waals surface area contributed by atoms with E-state index in [-0.39, 0.29) is 11.9 Å². The first-order valence-corrected chi connectivity index (χ1v) is 11.3. The van der Waals surface area contributed by atoms with Gasteiger partial charge in [0.15, 0.2) is 0 Å². The molecule has 0 radical (unpaired) electrons. The zero-order valence-electron chi connectivity index (χ0n) is 7.13. The second-order valence-electron chi connectivity index (χ2n) is 2.59. The van der Waals surface area contributed by atoms with Gasteiger partial charge < -0.3 is 0 Å². The molecule has 0 fully saturated rings. The van der Waals surface area contributed by atoms with Crippen molar-refractivity contribution in [2.75, 3.05) is 0 Å². The van der Waals surface area contributed by atoms with Crippen LogP contribution in [0.4, 0.5) is 0 Å². The molecule has 0 aliphatic heterocycles. The van der Waals surface area contributed by atoms with Crippen molar-refractivity contribution in [3.63, 3.8) is 0 Å². The van der Waals surface area contributed by atoms with Gasteiger partial charge in [0, 0.05) is 0 Å². The molecule has 0 heterocycles. The third-order valence-electron chi connectivity index (χ3n) is 0.779. The molecule has 0 aliphatic rings. The number of carbonyl (C=O) groups excluding carboxylic acids is 2. The van der Waals surface area contributed by atoms with Crippen LogP contribution >= 0.6 is 0 Å². The molecule has 0 rings (SSSR count). The van der Waals surface area contributed by atoms with Crippen molar-refractivity contribution < 1.29 is 15.7 Å². The molecule has 0 aromatic heterocycles. The predicted octanol–water partition coefficient (Wildman–Crippen LogP) is 0.814. The van der Waals surface area contributed by atoms with Crippen molar-refractivity contribution in [3.05, 3.63) is 0 Å². The van der Waals surface area contributed by atoms with Crippen LogP contribution in [0.3, 0.4) is 0 Å². The summed E-state index contributed by atoms with van der Waals surface area (Å²) in [6, 6.07) is 0. The van der Waals surface area contributed by atoms with E-state index in [9.17, 15) is 9.59 Å². The molecule has 64 valence electrons. The van der Waals surface area contributed by atoms with Crippen molar-refractivity contribution in [2.24, 2.45) is 0 Å². The van der Waals surface area contributed by atoms with Crippen LogP contribution in [0.2, 0.25) is 9.88 Å². The summed E-state index contributed by atoms with van der Waals surface area (Å²) in [5.41, 5.74) is 0. The summed E-state index contributed by atoms with van der Waals surface area (Å²) in [5, 5.41) is 0. The van der Waals surface area contributed by atoms with Gasteiger partial charge in [-0.05, 0) is 0 Å². The van der Waals surface area contributed by atoms with E-state index in [2.05, 4.69) is 0 Å². The molecule has 0 aromatic rings. The molecular formula is C6H12O4Sn. The first-order valence-electron chi connectivity index (χ1n) is 3.22. The SMILES string of the molecule is CC(=O)[O][Sn]([CH3])([CH3])[O]C(C)=O. The standard InChI is InChI=1S/2C2H4O2.2CH3.Sn/c2*1-2(3)4;;;/h2*1H3,(H,3,4);2*1H3;/q;;;;+2/p-2. The van der Waals surface area contributed by atoms with Crippen LogP contribution in [-0.4, -0.2) is 31.1 Å². The fraction of sp³-hybridized carbons (Fsp3) is 0.667. The van der Waals surface area contributed by atoms with Gasteiger partial charge in [-0.1, -0.05) is 0 Å². The maximum absolute atomic E-state index is 10.5. The van der Waals surface area contributed by atoms with E-state index in [1.165, 1.54) is 13.8 Å².